The van der Waals surface area contributed by atoms with Crippen molar-refractivity contribution < 1.29 is 50.2 Å². The second-order valence-corrected chi connectivity index (χ2v) is 12.5. The molecule has 11 nitrogen and oxygen atoms in total. The number of phosphoric acid groups is 2. The zero-order valence-electron chi connectivity index (χ0n) is 19.4. The summed E-state index contributed by atoms with van der Waals surface area (Å²) in [5.74, 6) is 0.206. The number of benzene rings is 2. The molecule has 2 aromatic carbocycles. The van der Waals surface area contributed by atoms with Crippen molar-refractivity contribution in [3.8, 4) is 11.5 Å². The Kier molecular flexibility index (Phi) is 12.5. The lowest BCUT2D eigenvalue weighted by Gasteiger charge is -2.27. The first-order chi connectivity index (χ1) is 16.6. The van der Waals surface area contributed by atoms with E-state index in [9.17, 15) is 14.0 Å². The van der Waals surface area contributed by atoms with Gasteiger partial charge in [-0.25, -0.2) is 22.7 Å². The smallest absolute Gasteiger partial charge is 0.395 e. The van der Waals surface area contributed by atoms with Gasteiger partial charge in [-0.2, -0.15) is 0 Å². The van der Waals surface area contributed by atoms with E-state index in [1.165, 1.54) is 24.3 Å². The van der Waals surface area contributed by atoms with Crippen LogP contribution in [0.4, 0.5) is 0 Å². The molecule has 0 spiro atoms. The minimum absolute atomic E-state index is 0.0117. The van der Waals surface area contributed by atoms with E-state index in [0.717, 1.165) is 7.11 Å². The summed E-state index contributed by atoms with van der Waals surface area (Å²) in [5.41, 5.74) is 0. The quantitative estimate of drug-likeness (QED) is 0.147. The van der Waals surface area contributed by atoms with Gasteiger partial charge in [0, 0.05) is 7.11 Å². The van der Waals surface area contributed by atoms with Crippen LogP contribution in [0.25, 0.3) is 0 Å². The maximum atomic E-state index is 13.7. The molecule has 0 heterocycles. The molecule has 0 aliphatic carbocycles. The zero-order valence-corrected chi connectivity index (χ0v) is 22.9. The summed E-state index contributed by atoms with van der Waals surface area (Å²) in [6, 6.07) is 15.9. The summed E-state index contributed by atoms with van der Waals surface area (Å²) in [7, 11) is -8.00. The molecule has 0 aromatic heterocycles. The van der Waals surface area contributed by atoms with Gasteiger partial charge in [0.2, 0.25) is 0 Å². The Labute approximate surface area is 210 Å². The standard InChI is InChI=1S/C20H28O11P3S/c1-4-16-25-32(21,26-17-5-2)29-20(31-34(23,35)24-3)30-33(22,27-18-12-8-6-9-13-18)28-19-14-10-7-11-15-19/h6-15,20H,4-5,16-17H2,1-3H3. The molecule has 35 heavy (non-hydrogen) atoms. The minimum Gasteiger partial charge on any atom is -0.395 e. The van der Waals surface area contributed by atoms with E-state index in [2.05, 4.69) is 4.52 Å². The molecule has 0 aliphatic heterocycles. The highest BCUT2D eigenvalue weighted by molar-refractivity contribution is 8.07. The van der Waals surface area contributed by atoms with Gasteiger partial charge in [-0.1, -0.05) is 50.2 Å². The Balaban J connectivity index is 2.40. The fraction of sp³-hybridized carbons (Fsp3) is 0.400. The average molecular weight is 569 g/mol. The maximum Gasteiger partial charge on any atom is 0.591 e. The fourth-order valence-electron chi connectivity index (χ4n) is 2.20. The van der Waals surface area contributed by atoms with Crippen molar-refractivity contribution in [1.29, 1.82) is 0 Å². The van der Waals surface area contributed by atoms with Crippen molar-refractivity contribution >= 4 is 34.2 Å². The summed E-state index contributed by atoms with van der Waals surface area (Å²) < 4.78 is 68.6. The summed E-state index contributed by atoms with van der Waals surface area (Å²) in [5, 5.41) is 0. The van der Waals surface area contributed by atoms with E-state index in [4.69, 9.17) is 43.5 Å². The largest absolute Gasteiger partial charge is 0.591 e. The van der Waals surface area contributed by atoms with Gasteiger partial charge in [-0.15, -0.1) is 4.89 Å². The predicted molar refractivity (Wildman–Crippen MR) is 131 cm³/mol. The summed E-state index contributed by atoms with van der Waals surface area (Å²) in [4.78, 5) is 12.4. The van der Waals surface area contributed by atoms with Crippen LogP contribution in [0.15, 0.2) is 60.7 Å². The molecular formula is C20H28O11P3S. The first-order valence-corrected chi connectivity index (χ1v) is 16.0. The molecule has 2 atom stereocenters. The number of hydrogen-bond donors (Lipinski definition) is 0. The van der Waals surface area contributed by atoms with Crippen molar-refractivity contribution in [2.45, 2.75) is 33.2 Å². The fourth-order valence-corrected chi connectivity index (χ4v) is 5.49. The SMILES string of the molecule is CCCOP(=O)(OCCC)OC(OP(=O)(Oc1ccccc1)Oc1ccccc1)OP([O])(=S)OC. The second kappa shape index (κ2) is 14.6. The van der Waals surface area contributed by atoms with Crippen LogP contribution in [0.1, 0.15) is 26.7 Å². The van der Waals surface area contributed by atoms with Gasteiger partial charge in [0.25, 0.3) is 6.48 Å². The van der Waals surface area contributed by atoms with E-state index >= 15 is 0 Å². The Bertz CT molecular complexity index is 968. The van der Waals surface area contributed by atoms with Crippen molar-refractivity contribution in [3.63, 3.8) is 0 Å². The van der Waals surface area contributed by atoms with Crippen LogP contribution in [0, 0.1) is 0 Å². The van der Waals surface area contributed by atoms with Gasteiger partial charge >= 0.3 is 22.4 Å². The highest BCUT2D eigenvalue weighted by Gasteiger charge is 2.43. The van der Waals surface area contributed by atoms with Gasteiger partial charge in [0.15, 0.2) is 0 Å². The molecule has 0 saturated heterocycles. The van der Waals surface area contributed by atoms with Crippen LogP contribution in [0.3, 0.4) is 0 Å². The Morgan fingerprint density at radius 2 is 1.17 bits per heavy atom. The first kappa shape index (κ1) is 30.1. The lowest BCUT2D eigenvalue weighted by Crippen LogP contribution is -2.22. The number of para-hydroxylation sites is 2. The third-order valence-corrected chi connectivity index (χ3v) is 8.01. The normalized spacial score (nSPS) is 14.7. The lowest BCUT2D eigenvalue weighted by atomic mass is 10.3. The van der Waals surface area contributed by atoms with Gasteiger partial charge in [-0.3, -0.25) is 9.05 Å². The molecule has 0 fully saturated rings. The van der Waals surface area contributed by atoms with Gasteiger partial charge in [0.05, 0.1) is 13.2 Å². The predicted octanol–water partition coefficient (Wildman–Crippen LogP) is 6.85. The van der Waals surface area contributed by atoms with E-state index in [-0.39, 0.29) is 24.7 Å². The van der Waals surface area contributed by atoms with Crippen molar-refractivity contribution in [1.82, 2.24) is 0 Å². The van der Waals surface area contributed by atoms with Crippen molar-refractivity contribution in [2.75, 3.05) is 20.3 Å². The zero-order chi connectivity index (χ0) is 25.8. The molecule has 0 amide bonds. The molecule has 15 heteroatoms. The summed E-state index contributed by atoms with van der Waals surface area (Å²) in [6.45, 7) is -2.99. The molecule has 2 unspecified atom stereocenters. The maximum absolute atomic E-state index is 13.7. The van der Waals surface area contributed by atoms with Crippen LogP contribution >= 0.6 is 22.4 Å². The monoisotopic (exact) mass is 569 g/mol. The average Bonchev–Trinajstić information content (AvgIpc) is 2.82. The third kappa shape index (κ3) is 11.2. The lowest BCUT2D eigenvalue weighted by molar-refractivity contribution is -0.168. The molecule has 2 aromatic rings. The summed E-state index contributed by atoms with van der Waals surface area (Å²) >= 11 is 4.74. The second-order valence-electron chi connectivity index (χ2n) is 6.60. The highest BCUT2D eigenvalue weighted by Crippen LogP contribution is 2.58. The van der Waals surface area contributed by atoms with Crippen molar-refractivity contribution in [3.05, 3.63) is 60.7 Å². The molecule has 2 rings (SSSR count). The molecule has 1 radical (unpaired) electrons. The number of phosphoric ester groups is 2. The molecular weight excluding hydrogens is 541 g/mol. The van der Waals surface area contributed by atoms with Crippen LogP contribution < -0.4 is 9.05 Å². The Morgan fingerprint density at radius 3 is 1.57 bits per heavy atom. The molecule has 0 bridgehead atoms. The van der Waals surface area contributed by atoms with Crippen LogP contribution in [-0.2, 0) is 53.0 Å². The topological polar surface area (TPSA) is 128 Å². The van der Waals surface area contributed by atoms with Gasteiger partial charge in [0.1, 0.15) is 11.5 Å². The Morgan fingerprint density at radius 1 is 0.743 bits per heavy atom. The van der Waals surface area contributed by atoms with Gasteiger partial charge < -0.3 is 13.6 Å². The first-order valence-electron chi connectivity index (χ1n) is 10.5. The highest BCUT2D eigenvalue weighted by atomic mass is 32.5. The molecule has 0 N–H and O–H groups in total. The van der Waals surface area contributed by atoms with E-state index < -0.39 is 28.8 Å². The molecule has 0 saturated carbocycles. The van der Waals surface area contributed by atoms with Crippen LogP contribution in [-0.4, -0.2) is 26.8 Å². The Hall–Kier alpha value is -1.13. The van der Waals surface area contributed by atoms with E-state index in [1.807, 2.05) is 0 Å². The molecule has 0 aliphatic rings. The van der Waals surface area contributed by atoms with Crippen molar-refractivity contribution in [2.24, 2.45) is 0 Å². The van der Waals surface area contributed by atoms with E-state index in [1.54, 1.807) is 50.2 Å². The van der Waals surface area contributed by atoms with Crippen LogP contribution in [0.2, 0.25) is 0 Å². The number of hydrogen-bond acceptors (Lipinski definition) is 11. The van der Waals surface area contributed by atoms with Crippen LogP contribution in [0.5, 0.6) is 11.5 Å². The number of rotatable bonds is 17. The third-order valence-electron chi connectivity index (χ3n) is 3.70. The molecule has 195 valence electrons. The van der Waals surface area contributed by atoms with E-state index in [0.29, 0.717) is 12.8 Å². The minimum atomic E-state index is -4.66. The summed E-state index contributed by atoms with van der Waals surface area (Å²) in [6.07, 6.45) is 0.944. The van der Waals surface area contributed by atoms with Gasteiger partial charge in [-0.05, 0) is 48.9 Å².